The molecule has 1 aromatic heterocycles. The third-order valence-electron chi connectivity index (χ3n) is 4.75. The standard InChI is InChI=1S/C22H30F3N3O3S2/c1-11(2)14-8-13(31-20(24)25)9-15(12(3)4)18(14)27-21(29)28-33(26,30)19-16(23)10-17(32-19)22(5,6)7/h8-12,20H,1-7H3,(H3,26,27,28,29,30). The number of nitrogens with two attached hydrogens (primary N) is 1. The lowest BCUT2D eigenvalue weighted by Gasteiger charge is -2.21. The summed E-state index contributed by atoms with van der Waals surface area (Å²) in [6, 6.07) is 3.04. The van der Waals surface area contributed by atoms with Gasteiger partial charge in [-0.3, -0.25) is 0 Å². The summed E-state index contributed by atoms with van der Waals surface area (Å²) in [7, 11) is -3.86. The number of benzene rings is 1. The molecule has 2 aromatic rings. The van der Waals surface area contributed by atoms with Gasteiger partial charge in [0.25, 0.3) is 0 Å². The largest absolute Gasteiger partial charge is 0.435 e. The summed E-state index contributed by atoms with van der Waals surface area (Å²) < 4.78 is 60.8. The third-order valence-corrected chi connectivity index (χ3v) is 8.21. The fraction of sp³-hybridized carbons (Fsp3) is 0.500. The Hall–Kier alpha value is -2.11. The van der Waals surface area contributed by atoms with Crippen LogP contribution in [0.25, 0.3) is 0 Å². The third kappa shape index (κ3) is 6.70. The van der Waals surface area contributed by atoms with Gasteiger partial charge in [0.05, 0.1) is 0 Å². The van der Waals surface area contributed by atoms with Crippen LogP contribution in [-0.4, -0.2) is 16.9 Å². The van der Waals surface area contributed by atoms with Crippen LogP contribution in [0.15, 0.2) is 26.8 Å². The zero-order valence-electron chi connectivity index (χ0n) is 19.7. The average Bonchev–Trinajstić information content (AvgIpc) is 3.04. The van der Waals surface area contributed by atoms with Crippen molar-refractivity contribution in [1.29, 1.82) is 0 Å². The first-order valence-electron chi connectivity index (χ1n) is 10.3. The van der Waals surface area contributed by atoms with Gasteiger partial charge in [-0.25, -0.2) is 18.5 Å². The molecule has 1 heterocycles. The van der Waals surface area contributed by atoms with E-state index in [2.05, 4.69) is 14.4 Å². The molecule has 2 amide bonds. The summed E-state index contributed by atoms with van der Waals surface area (Å²) in [6.07, 6.45) is 0. The lowest BCUT2D eigenvalue weighted by molar-refractivity contribution is -0.0499. The van der Waals surface area contributed by atoms with Crippen molar-refractivity contribution in [2.24, 2.45) is 9.50 Å². The van der Waals surface area contributed by atoms with E-state index >= 15 is 0 Å². The maximum absolute atomic E-state index is 14.5. The molecule has 0 aliphatic rings. The highest BCUT2D eigenvalue weighted by Crippen LogP contribution is 2.38. The summed E-state index contributed by atoms with van der Waals surface area (Å²) in [5, 5.41) is 8.37. The molecule has 0 aliphatic heterocycles. The monoisotopic (exact) mass is 505 g/mol. The molecule has 0 bridgehead atoms. The van der Waals surface area contributed by atoms with Gasteiger partial charge in [0.2, 0.25) is 0 Å². The number of alkyl halides is 2. The van der Waals surface area contributed by atoms with E-state index in [-0.39, 0.29) is 21.8 Å². The molecule has 0 spiro atoms. The predicted molar refractivity (Wildman–Crippen MR) is 126 cm³/mol. The molecule has 2 rings (SSSR count). The van der Waals surface area contributed by atoms with E-state index in [0.717, 1.165) is 11.3 Å². The Labute approximate surface area is 197 Å². The van der Waals surface area contributed by atoms with Crippen LogP contribution in [0.3, 0.4) is 0 Å². The zero-order valence-corrected chi connectivity index (χ0v) is 21.3. The molecule has 0 saturated carbocycles. The highest BCUT2D eigenvalue weighted by molar-refractivity contribution is 7.93. The molecule has 0 saturated heterocycles. The average molecular weight is 506 g/mol. The number of nitrogens with zero attached hydrogens (tertiary/aromatic N) is 1. The van der Waals surface area contributed by atoms with Crippen LogP contribution in [0, 0.1) is 5.82 Å². The molecular formula is C22H30F3N3O3S2. The van der Waals surface area contributed by atoms with Gasteiger partial charge in [-0.2, -0.15) is 8.78 Å². The lowest BCUT2D eigenvalue weighted by Crippen LogP contribution is -2.19. The first-order chi connectivity index (χ1) is 15.0. The molecule has 184 valence electrons. The van der Waals surface area contributed by atoms with Gasteiger partial charge >= 0.3 is 12.6 Å². The van der Waals surface area contributed by atoms with E-state index in [9.17, 15) is 22.2 Å². The van der Waals surface area contributed by atoms with Crippen molar-refractivity contribution in [3.05, 3.63) is 40.0 Å². The Morgan fingerprint density at radius 2 is 1.64 bits per heavy atom. The number of carbonyl (C=O) groups excluding carboxylic acids is 1. The Balaban J connectivity index is 2.52. The quantitative estimate of drug-likeness (QED) is 0.444. The minimum absolute atomic E-state index is 0.0367. The number of thiophene rings is 1. The second-order valence-electron chi connectivity index (χ2n) is 9.25. The van der Waals surface area contributed by atoms with Crippen molar-refractivity contribution >= 4 is 33.0 Å². The number of halogens is 3. The van der Waals surface area contributed by atoms with Crippen LogP contribution in [0.1, 0.15) is 76.3 Å². The van der Waals surface area contributed by atoms with Gasteiger partial charge in [-0.1, -0.05) is 48.5 Å². The van der Waals surface area contributed by atoms with E-state index in [4.69, 9.17) is 5.14 Å². The van der Waals surface area contributed by atoms with Crippen molar-refractivity contribution in [3.63, 3.8) is 0 Å². The van der Waals surface area contributed by atoms with E-state index in [0.29, 0.717) is 21.7 Å². The van der Waals surface area contributed by atoms with Crippen LogP contribution >= 0.6 is 11.3 Å². The van der Waals surface area contributed by atoms with Crippen molar-refractivity contribution in [3.8, 4) is 5.75 Å². The fourth-order valence-electron chi connectivity index (χ4n) is 3.10. The molecule has 6 nitrogen and oxygen atoms in total. The van der Waals surface area contributed by atoms with Gasteiger partial charge < -0.3 is 10.1 Å². The molecule has 1 atom stereocenters. The molecule has 33 heavy (non-hydrogen) atoms. The van der Waals surface area contributed by atoms with Gasteiger partial charge in [-0.05, 0) is 46.6 Å². The van der Waals surface area contributed by atoms with E-state index in [1.807, 2.05) is 48.5 Å². The molecule has 1 aromatic carbocycles. The number of hydrogen-bond acceptors (Lipinski definition) is 4. The highest BCUT2D eigenvalue weighted by Gasteiger charge is 2.26. The van der Waals surface area contributed by atoms with E-state index in [1.165, 1.54) is 18.2 Å². The van der Waals surface area contributed by atoms with Crippen molar-refractivity contribution in [1.82, 2.24) is 0 Å². The maximum Gasteiger partial charge on any atom is 0.387 e. The van der Waals surface area contributed by atoms with Gasteiger partial charge in [0.1, 0.15) is 5.75 Å². The number of urea groups is 1. The van der Waals surface area contributed by atoms with Gasteiger partial charge in [0.15, 0.2) is 19.9 Å². The molecule has 0 aliphatic carbocycles. The predicted octanol–water partition coefficient (Wildman–Crippen LogP) is 6.97. The number of anilines is 1. The zero-order chi connectivity index (χ0) is 25.3. The summed E-state index contributed by atoms with van der Waals surface area (Å²) in [6.45, 7) is 9.88. The normalized spacial score (nSPS) is 14.0. The smallest absolute Gasteiger partial charge is 0.387 e. The summed E-state index contributed by atoms with van der Waals surface area (Å²) in [4.78, 5) is 13.3. The number of nitrogens with one attached hydrogen (secondary N) is 1. The number of ether oxygens (including phenoxy) is 1. The number of hydrogen-bond donors (Lipinski definition) is 2. The molecule has 0 radical (unpaired) electrons. The Morgan fingerprint density at radius 1 is 1.12 bits per heavy atom. The molecule has 1 unspecified atom stereocenters. The minimum Gasteiger partial charge on any atom is -0.435 e. The molecule has 11 heteroatoms. The highest BCUT2D eigenvalue weighted by atomic mass is 32.2. The van der Waals surface area contributed by atoms with Crippen LogP contribution in [-0.2, 0) is 15.3 Å². The van der Waals surface area contributed by atoms with Crippen LogP contribution in [0.5, 0.6) is 5.75 Å². The van der Waals surface area contributed by atoms with Gasteiger partial charge in [0, 0.05) is 10.6 Å². The lowest BCUT2D eigenvalue weighted by atomic mass is 9.92. The van der Waals surface area contributed by atoms with Crippen LogP contribution in [0.4, 0.5) is 23.7 Å². The van der Waals surface area contributed by atoms with Gasteiger partial charge in [-0.15, -0.1) is 15.7 Å². The second kappa shape index (κ2) is 10.0. The van der Waals surface area contributed by atoms with E-state index in [1.54, 1.807) is 0 Å². The van der Waals surface area contributed by atoms with Crippen LogP contribution in [0.2, 0.25) is 0 Å². The topological polar surface area (TPSA) is 93.8 Å². The summed E-state index contributed by atoms with van der Waals surface area (Å²) >= 11 is 0.909. The number of carbonyl (C=O) groups is 1. The van der Waals surface area contributed by atoms with Crippen molar-refractivity contribution in [2.45, 2.75) is 76.5 Å². The summed E-state index contributed by atoms with van der Waals surface area (Å²) in [5.41, 5.74) is 0.997. The van der Waals surface area contributed by atoms with E-state index < -0.39 is 33.8 Å². The second-order valence-corrected chi connectivity index (χ2v) is 12.3. The van der Waals surface area contributed by atoms with Crippen molar-refractivity contribution in [2.75, 3.05) is 5.32 Å². The first-order valence-corrected chi connectivity index (χ1v) is 12.7. The number of rotatable bonds is 6. The summed E-state index contributed by atoms with van der Waals surface area (Å²) in [5.74, 6) is -1.17. The molecule has 3 N–H and O–H groups in total. The Kier molecular flexibility index (Phi) is 8.24. The Morgan fingerprint density at radius 3 is 2.03 bits per heavy atom. The molecular weight excluding hydrogens is 475 g/mol. The first kappa shape index (κ1) is 27.1. The number of amides is 2. The SMILES string of the molecule is CC(C)c1cc(OC(F)F)cc(C(C)C)c1NC(=O)N=S(N)(=O)c1sc(C(C)(C)C)cc1F. The molecule has 0 fully saturated rings. The van der Waals surface area contributed by atoms with Crippen LogP contribution < -0.4 is 15.2 Å². The maximum atomic E-state index is 14.5. The fourth-order valence-corrected chi connectivity index (χ4v) is 5.50. The minimum atomic E-state index is -3.86. The Bertz CT molecular complexity index is 1120. The van der Waals surface area contributed by atoms with Crippen molar-refractivity contribution < 1.29 is 26.9 Å².